The molecule has 0 atom stereocenters. The number of hydrogen-bond donors (Lipinski definition) is 0. The second-order valence-corrected chi connectivity index (χ2v) is 7.58. The third kappa shape index (κ3) is 3.64. The molecule has 0 unspecified atom stereocenters. The highest BCUT2D eigenvalue weighted by atomic mass is 32.2. The summed E-state index contributed by atoms with van der Waals surface area (Å²) in [6, 6.07) is 0. The van der Waals surface area contributed by atoms with Gasteiger partial charge in [-0.1, -0.05) is 12.2 Å². The van der Waals surface area contributed by atoms with Gasteiger partial charge in [0.2, 0.25) is 5.84 Å². The van der Waals surface area contributed by atoms with Crippen LogP contribution < -0.4 is 0 Å². The molecule has 0 spiro atoms. The average Bonchev–Trinajstić information content (AvgIpc) is 2.69. The standard InChI is InChI=1S/C12H14N4O4S4/c1-4-14(18-21-7-1)10-11(15-5-2-8-22-19-15)13-17-24-12(10)16-6-3-9-23-20-16/h2-3,6,8H,1,4-5,7,9H2. The molecule has 1 saturated heterocycles. The Morgan fingerprint density at radius 1 is 1.08 bits per heavy atom. The molecule has 0 N–H and O–H groups in total. The number of amidine groups is 1. The van der Waals surface area contributed by atoms with E-state index in [2.05, 4.69) is 5.16 Å². The van der Waals surface area contributed by atoms with E-state index in [-0.39, 0.29) is 0 Å². The Morgan fingerprint density at radius 2 is 2.08 bits per heavy atom. The van der Waals surface area contributed by atoms with E-state index >= 15 is 0 Å². The van der Waals surface area contributed by atoms with Crippen LogP contribution in [0.3, 0.4) is 0 Å². The van der Waals surface area contributed by atoms with E-state index in [0.717, 1.165) is 47.2 Å². The van der Waals surface area contributed by atoms with Gasteiger partial charge in [-0.2, -0.15) is 8.57 Å². The minimum atomic E-state index is 0.552. The van der Waals surface area contributed by atoms with Crippen molar-refractivity contribution in [1.82, 2.24) is 15.2 Å². The van der Waals surface area contributed by atoms with Gasteiger partial charge in [0, 0.05) is 48.3 Å². The van der Waals surface area contributed by atoms with Gasteiger partial charge in [-0.3, -0.25) is 0 Å². The Hall–Kier alpha value is -0.630. The van der Waals surface area contributed by atoms with Crippen LogP contribution >= 0.6 is 48.2 Å². The normalized spacial score (nSPS) is 25.0. The molecule has 4 rings (SSSR count). The zero-order chi connectivity index (χ0) is 16.2. The van der Waals surface area contributed by atoms with Gasteiger partial charge in [-0.05, 0) is 17.0 Å². The lowest BCUT2D eigenvalue weighted by Gasteiger charge is -2.36. The highest BCUT2D eigenvalue weighted by molar-refractivity contribution is 7.98. The minimum Gasteiger partial charge on any atom is -0.313 e. The lowest BCUT2D eigenvalue weighted by molar-refractivity contribution is -0.0188. The number of oxime groups is 1. The van der Waals surface area contributed by atoms with Gasteiger partial charge >= 0.3 is 0 Å². The van der Waals surface area contributed by atoms with Crippen molar-refractivity contribution in [2.75, 3.05) is 24.6 Å². The fraction of sp³-hybridized carbons (Fsp3) is 0.417. The summed E-state index contributed by atoms with van der Waals surface area (Å²) in [5, 5.41) is 12.0. The Bertz CT molecular complexity index is 594. The van der Waals surface area contributed by atoms with Crippen molar-refractivity contribution in [1.29, 1.82) is 0 Å². The first-order chi connectivity index (χ1) is 11.9. The van der Waals surface area contributed by atoms with Crippen LogP contribution in [0.25, 0.3) is 0 Å². The SMILES string of the molecule is C1=CN(C2=C(N3CCCSO3)C(N3CC=CSO3)=NOS2)OSC1. The molecular weight excluding hydrogens is 392 g/mol. The summed E-state index contributed by atoms with van der Waals surface area (Å²) in [5.41, 5.74) is 0.765. The van der Waals surface area contributed by atoms with E-state index in [9.17, 15) is 0 Å². The van der Waals surface area contributed by atoms with Crippen molar-refractivity contribution in [2.45, 2.75) is 6.42 Å². The molecule has 4 aliphatic rings. The molecule has 0 aromatic carbocycles. The molecule has 4 aliphatic heterocycles. The highest BCUT2D eigenvalue weighted by Gasteiger charge is 2.36. The molecule has 8 nitrogen and oxygen atoms in total. The van der Waals surface area contributed by atoms with Crippen LogP contribution in [0.5, 0.6) is 0 Å². The minimum absolute atomic E-state index is 0.552. The summed E-state index contributed by atoms with van der Waals surface area (Å²) in [7, 11) is 0. The van der Waals surface area contributed by atoms with Gasteiger partial charge in [0.15, 0.2) is 5.03 Å². The lowest BCUT2D eigenvalue weighted by atomic mass is 10.3. The molecule has 12 heteroatoms. The van der Waals surface area contributed by atoms with E-state index in [1.54, 1.807) is 10.1 Å². The Balaban J connectivity index is 1.69. The molecule has 1 fully saturated rings. The zero-order valence-electron chi connectivity index (χ0n) is 12.4. The van der Waals surface area contributed by atoms with Crippen LogP contribution in [0.2, 0.25) is 0 Å². The Labute approximate surface area is 156 Å². The molecular formula is C12H14N4O4S4. The molecule has 24 heavy (non-hydrogen) atoms. The number of nitrogens with zero attached hydrogens (tertiary/aromatic N) is 4. The van der Waals surface area contributed by atoms with Crippen molar-refractivity contribution in [3.8, 4) is 0 Å². The molecule has 0 aromatic rings. The van der Waals surface area contributed by atoms with E-state index < -0.39 is 0 Å². The number of rotatable bonds is 2. The maximum absolute atomic E-state index is 5.78. The average molecular weight is 407 g/mol. The van der Waals surface area contributed by atoms with E-state index in [0.29, 0.717) is 12.4 Å². The maximum Gasteiger partial charge on any atom is 0.223 e. The van der Waals surface area contributed by atoms with Gasteiger partial charge < -0.3 is 4.28 Å². The van der Waals surface area contributed by atoms with Crippen molar-refractivity contribution >= 4 is 54.0 Å². The third-order valence-corrected chi connectivity index (χ3v) is 5.75. The Kier molecular flexibility index (Phi) is 5.72. The summed E-state index contributed by atoms with van der Waals surface area (Å²) in [5.74, 6) is 2.32. The first-order valence-electron chi connectivity index (χ1n) is 7.18. The summed E-state index contributed by atoms with van der Waals surface area (Å²) >= 11 is 5.14. The van der Waals surface area contributed by atoms with E-state index in [4.69, 9.17) is 17.1 Å². The van der Waals surface area contributed by atoms with Crippen LogP contribution in [-0.2, 0) is 17.1 Å². The smallest absolute Gasteiger partial charge is 0.223 e. The highest BCUT2D eigenvalue weighted by Crippen LogP contribution is 2.38. The van der Waals surface area contributed by atoms with Gasteiger partial charge in [0.1, 0.15) is 17.7 Å². The summed E-state index contributed by atoms with van der Waals surface area (Å²) < 4.78 is 22.4. The van der Waals surface area contributed by atoms with Crippen molar-refractivity contribution in [3.05, 3.63) is 34.5 Å². The largest absolute Gasteiger partial charge is 0.313 e. The molecule has 130 valence electrons. The molecule has 0 aromatic heterocycles. The van der Waals surface area contributed by atoms with Gasteiger partial charge in [-0.15, -0.1) is 0 Å². The van der Waals surface area contributed by atoms with Crippen molar-refractivity contribution in [2.24, 2.45) is 5.16 Å². The molecule has 0 bridgehead atoms. The topological polar surface area (TPSA) is 59.0 Å². The summed E-state index contributed by atoms with van der Waals surface area (Å²) in [4.78, 5) is 0. The quantitative estimate of drug-likeness (QED) is 0.635. The van der Waals surface area contributed by atoms with Crippen LogP contribution in [0.1, 0.15) is 6.42 Å². The van der Waals surface area contributed by atoms with Gasteiger partial charge in [0.05, 0.1) is 18.6 Å². The molecule has 0 amide bonds. The fourth-order valence-corrected chi connectivity index (χ4v) is 4.32. The second-order valence-electron chi connectivity index (χ2n) is 4.75. The summed E-state index contributed by atoms with van der Waals surface area (Å²) in [6.45, 7) is 1.33. The van der Waals surface area contributed by atoms with E-state index in [1.807, 2.05) is 28.8 Å². The molecule has 0 aliphatic carbocycles. The predicted octanol–water partition coefficient (Wildman–Crippen LogP) is 3.25. The van der Waals surface area contributed by atoms with Crippen LogP contribution in [-0.4, -0.2) is 45.6 Å². The monoisotopic (exact) mass is 406 g/mol. The van der Waals surface area contributed by atoms with Crippen LogP contribution in [0.15, 0.2) is 39.6 Å². The van der Waals surface area contributed by atoms with Crippen LogP contribution in [0, 0.1) is 0 Å². The van der Waals surface area contributed by atoms with Crippen molar-refractivity contribution in [3.63, 3.8) is 0 Å². The molecule has 0 radical (unpaired) electrons. The molecule has 4 heterocycles. The van der Waals surface area contributed by atoms with Gasteiger partial charge in [-0.25, -0.2) is 19.5 Å². The zero-order valence-corrected chi connectivity index (χ0v) is 15.7. The third-order valence-electron chi connectivity index (χ3n) is 3.17. The molecule has 0 saturated carbocycles. The first kappa shape index (κ1) is 16.8. The number of hydrogen-bond acceptors (Lipinski definition) is 12. The maximum atomic E-state index is 5.78. The summed E-state index contributed by atoms with van der Waals surface area (Å²) in [6.07, 6.45) is 6.90. The number of hydroxylamine groups is 6. The first-order valence-corrected chi connectivity index (χ1v) is 10.6. The van der Waals surface area contributed by atoms with Crippen LogP contribution in [0.4, 0.5) is 0 Å². The van der Waals surface area contributed by atoms with Crippen molar-refractivity contribution < 1.29 is 17.1 Å². The Morgan fingerprint density at radius 3 is 2.83 bits per heavy atom. The fourth-order valence-electron chi connectivity index (χ4n) is 2.14. The second kappa shape index (κ2) is 8.17. The predicted molar refractivity (Wildman–Crippen MR) is 97.0 cm³/mol. The lowest BCUT2D eigenvalue weighted by Crippen LogP contribution is -2.42. The van der Waals surface area contributed by atoms with Gasteiger partial charge in [0.25, 0.3) is 0 Å². The van der Waals surface area contributed by atoms with E-state index in [1.165, 1.54) is 36.1 Å².